The van der Waals surface area contributed by atoms with Crippen molar-refractivity contribution in [3.63, 3.8) is 0 Å². The molecule has 0 bridgehead atoms. The summed E-state index contributed by atoms with van der Waals surface area (Å²) in [5, 5.41) is 15.5. The fourth-order valence-corrected chi connectivity index (χ4v) is 6.39. The van der Waals surface area contributed by atoms with Gasteiger partial charge in [-0.2, -0.15) is 11.8 Å². The number of rotatable bonds is 6. The highest BCUT2D eigenvalue weighted by Crippen LogP contribution is 2.33. The van der Waals surface area contributed by atoms with Crippen molar-refractivity contribution in [2.75, 3.05) is 11.5 Å². The molecule has 2 aromatic carbocycles. The molecule has 1 saturated heterocycles. The fraction of sp³-hybridized carbons (Fsp3) is 0.286. The number of aromatic amines is 2. The van der Waals surface area contributed by atoms with Crippen LogP contribution in [-0.2, 0) is 0 Å². The van der Waals surface area contributed by atoms with Gasteiger partial charge >= 0.3 is 0 Å². The van der Waals surface area contributed by atoms with E-state index in [4.69, 9.17) is 0 Å². The summed E-state index contributed by atoms with van der Waals surface area (Å²) in [6, 6.07) is 19.1. The summed E-state index contributed by atoms with van der Waals surface area (Å²) in [6.07, 6.45) is 3.96. The summed E-state index contributed by atoms with van der Waals surface area (Å²) in [4.78, 5) is 27.9. The van der Waals surface area contributed by atoms with Crippen LogP contribution in [0.3, 0.4) is 0 Å². The molecule has 1 aliphatic rings. The number of H-pyrrole nitrogens is 2. The summed E-state index contributed by atoms with van der Waals surface area (Å²) < 4.78 is 4.97. The van der Waals surface area contributed by atoms with Gasteiger partial charge in [0.15, 0.2) is 0 Å². The number of aromatic nitrogens is 7. The molecule has 0 saturated carbocycles. The number of nitrogens with one attached hydrogen (secondary N) is 2. The van der Waals surface area contributed by atoms with Gasteiger partial charge in [0.25, 0.3) is 11.1 Å². The number of aryl methyl sites for hydroxylation is 2. The number of thioether (sulfide) groups is 1. The lowest BCUT2D eigenvalue weighted by atomic mass is 9.89. The lowest BCUT2D eigenvalue weighted by Gasteiger charge is -2.20. The highest BCUT2D eigenvalue weighted by Gasteiger charge is 2.33. The van der Waals surface area contributed by atoms with Crippen molar-refractivity contribution in [3.05, 3.63) is 116 Å². The highest BCUT2D eigenvalue weighted by atomic mass is 32.2. The van der Waals surface area contributed by atoms with E-state index in [1.807, 2.05) is 97.2 Å². The van der Waals surface area contributed by atoms with Gasteiger partial charge in [-0.25, -0.2) is 14.0 Å². The zero-order valence-electron chi connectivity index (χ0n) is 21.3. The maximum atomic E-state index is 13.9. The normalized spacial score (nSPS) is 14.4. The molecule has 2 N–H and O–H groups in total. The number of para-hydroxylation sites is 2. The summed E-state index contributed by atoms with van der Waals surface area (Å²) in [5.74, 6) is 1.48. The molecule has 6 rings (SSSR count). The molecule has 0 radical (unpaired) electrons. The summed E-state index contributed by atoms with van der Waals surface area (Å²) in [5.41, 5.74) is 3.93. The zero-order valence-corrected chi connectivity index (χ0v) is 22.1. The predicted molar refractivity (Wildman–Crippen MR) is 149 cm³/mol. The summed E-state index contributed by atoms with van der Waals surface area (Å²) >= 11 is 1.95. The molecule has 0 unspecified atom stereocenters. The van der Waals surface area contributed by atoms with Gasteiger partial charge in [0.2, 0.25) is 0 Å². The minimum atomic E-state index is -0.691. The first-order valence-electron chi connectivity index (χ1n) is 12.8. The van der Waals surface area contributed by atoms with Gasteiger partial charge in [0, 0.05) is 17.6 Å². The molecule has 9 nitrogen and oxygen atoms in total. The quantitative estimate of drug-likeness (QED) is 0.346. The molecule has 5 aromatic rings. The van der Waals surface area contributed by atoms with Crippen molar-refractivity contribution in [3.8, 4) is 11.4 Å². The van der Waals surface area contributed by atoms with Crippen LogP contribution in [0.15, 0.2) is 76.4 Å². The third kappa shape index (κ3) is 4.24. The van der Waals surface area contributed by atoms with E-state index in [0.29, 0.717) is 28.2 Å². The Bertz CT molecular complexity index is 1570. The monoisotopic (exact) mass is 527 g/mol. The smallest absolute Gasteiger partial charge is 0.275 e. The molecule has 1 aliphatic heterocycles. The Balaban J connectivity index is 1.54. The molecular formula is C28H29N7O2S. The molecular weight excluding hydrogens is 498 g/mol. The first-order valence-corrected chi connectivity index (χ1v) is 13.9. The highest BCUT2D eigenvalue weighted by molar-refractivity contribution is 7.99. The second-order valence-corrected chi connectivity index (χ2v) is 10.9. The van der Waals surface area contributed by atoms with Crippen LogP contribution < -0.4 is 11.1 Å². The van der Waals surface area contributed by atoms with Crippen LogP contribution in [0.5, 0.6) is 0 Å². The van der Waals surface area contributed by atoms with E-state index in [0.717, 1.165) is 35.7 Å². The molecule has 0 aliphatic carbocycles. The molecule has 4 heterocycles. The van der Waals surface area contributed by atoms with E-state index in [9.17, 15) is 9.59 Å². The molecule has 0 spiro atoms. The van der Waals surface area contributed by atoms with E-state index in [-0.39, 0.29) is 17.2 Å². The molecule has 194 valence electrons. The molecule has 3 aromatic heterocycles. The van der Waals surface area contributed by atoms with Crippen LogP contribution in [0.25, 0.3) is 11.4 Å². The lowest BCUT2D eigenvalue weighted by molar-refractivity contribution is 0.416. The molecule has 10 heteroatoms. The Morgan fingerprint density at radius 3 is 1.82 bits per heavy atom. The van der Waals surface area contributed by atoms with Crippen molar-refractivity contribution >= 4 is 11.8 Å². The van der Waals surface area contributed by atoms with Crippen LogP contribution in [-0.4, -0.2) is 46.1 Å². The Morgan fingerprint density at radius 2 is 1.32 bits per heavy atom. The van der Waals surface area contributed by atoms with E-state index in [2.05, 4.69) is 20.5 Å². The third-order valence-corrected chi connectivity index (χ3v) is 8.28. The Kier molecular flexibility index (Phi) is 6.40. The average Bonchev–Trinajstić information content (AvgIpc) is 3.64. The van der Waals surface area contributed by atoms with Crippen LogP contribution in [0.4, 0.5) is 0 Å². The zero-order chi connectivity index (χ0) is 26.2. The van der Waals surface area contributed by atoms with Crippen LogP contribution >= 0.6 is 11.8 Å². The van der Waals surface area contributed by atoms with Gasteiger partial charge in [-0.05, 0) is 62.5 Å². The van der Waals surface area contributed by atoms with Crippen molar-refractivity contribution < 1.29 is 0 Å². The van der Waals surface area contributed by atoms with E-state index < -0.39 is 5.92 Å². The van der Waals surface area contributed by atoms with Gasteiger partial charge < -0.3 is 0 Å². The molecule has 0 amide bonds. The van der Waals surface area contributed by atoms with E-state index >= 15 is 0 Å². The van der Waals surface area contributed by atoms with E-state index in [1.54, 1.807) is 0 Å². The Hall–Kier alpha value is -4.05. The number of benzene rings is 2. The Morgan fingerprint density at radius 1 is 0.816 bits per heavy atom. The first kappa shape index (κ1) is 24.3. The fourth-order valence-electron chi connectivity index (χ4n) is 5.31. The number of nitrogens with zero attached hydrogens (tertiary/aromatic N) is 5. The second kappa shape index (κ2) is 10.0. The lowest BCUT2D eigenvalue weighted by Crippen LogP contribution is -2.25. The van der Waals surface area contributed by atoms with Crippen molar-refractivity contribution in [1.82, 2.24) is 34.6 Å². The van der Waals surface area contributed by atoms with Gasteiger partial charge in [-0.3, -0.25) is 19.8 Å². The first-order chi connectivity index (χ1) is 18.5. The van der Waals surface area contributed by atoms with Crippen molar-refractivity contribution in [2.45, 2.75) is 38.6 Å². The van der Waals surface area contributed by atoms with Crippen LogP contribution in [0, 0.1) is 13.8 Å². The maximum absolute atomic E-state index is 13.9. The minimum absolute atomic E-state index is 0.214. The topological polar surface area (TPSA) is 106 Å². The van der Waals surface area contributed by atoms with Gasteiger partial charge in [-0.15, -0.1) is 5.10 Å². The van der Waals surface area contributed by atoms with Gasteiger partial charge in [0.05, 0.1) is 40.2 Å². The minimum Gasteiger partial charge on any atom is -0.295 e. The maximum Gasteiger partial charge on any atom is 0.275 e. The third-order valence-electron chi connectivity index (χ3n) is 7.23. The Labute approximate surface area is 223 Å². The SMILES string of the molecule is Cc1[nH]n(-c2ccccc2)c(=O)c1C(c1cn(C2CCSCC2)nn1)c1c(C)[nH]n(-c2ccccc2)c1=O. The van der Waals surface area contributed by atoms with Crippen molar-refractivity contribution in [2.24, 2.45) is 0 Å². The van der Waals surface area contributed by atoms with Gasteiger partial charge in [-0.1, -0.05) is 41.6 Å². The van der Waals surface area contributed by atoms with Crippen LogP contribution in [0.1, 0.15) is 53.0 Å². The number of hydrogen-bond acceptors (Lipinski definition) is 5. The molecule has 38 heavy (non-hydrogen) atoms. The summed E-state index contributed by atoms with van der Waals surface area (Å²) in [6.45, 7) is 3.73. The average molecular weight is 528 g/mol. The predicted octanol–water partition coefficient (Wildman–Crippen LogP) is 4.10. The van der Waals surface area contributed by atoms with E-state index in [1.165, 1.54) is 9.36 Å². The molecule has 1 fully saturated rings. The second-order valence-electron chi connectivity index (χ2n) is 9.65. The van der Waals surface area contributed by atoms with Crippen molar-refractivity contribution in [1.29, 1.82) is 0 Å². The largest absolute Gasteiger partial charge is 0.295 e. The van der Waals surface area contributed by atoms with Gasteiger partial charge in [0.1, 0.15) is 0 Å². The van der Waals surface area contributed by atoms with Crippen LogP contribution in [0.2, 0.25) is 0 Å². The standard InChI is InChI=1S/C28H29N7O2S/c1-18-24(27(36)34(30-18)21-9-5-3-6-10-21)26(23-17-33(32-29-23)20-13-15-38-16-14-20)25-19(2)31-35(28(25)37)22-11-7-4-8-12-22/h3-12,17,20,26,30-31H,13-16H2,1-2H3. The molecule has 0 atom stereocenters. The number of hydrogen-bond donors (Lipinski definition) is 2. The summed E-state index contributed by atoms with van der Waals surface area (Å²) in [7, 11) is 0.